The number of nitrogens with one attached hydrogen (secondary N) is 1. The van der Waals surface area contributed by atoms with E-state index in [0.717, 1.165) is 0 Å². The van der Waals surface area contributed by atoms with Crippen LogP contribution in [0.2, 0.25) is 0 Å². The zero-order chi connectivity index (χ0) is 23.8. The number of carbonyl (C=O) groups excluding carboxylic acids is 2. The lowest BCUT2D eigenvalue weighted by atomic mass is 10.0. The highest BCUT2D eigenvalue weighted by Gasteiger charge is 2.23. The van der Waals surface area contributed by atoms with Crippen LogP contribution in [0.25, 0.3) is 6.08 Å². The molecular weight excluding hydrogens is 437 g/mol. The summed E-state index contributed by atoms with van der Waals surface area (Å²) >= 11 is 0. The number of benzene rings is 2. The average Bonchev–Trinajstić information content (AvgIpc) is 2.79. The Bertz CT molecular complexity index is 988. The Hall–Kier alpha value is -3.49. The lowest BCUT2D eigenvalue weighted by Crippen LogP contribution is -2.46. The highest BCUT2D eigenvalue weighted by Crippen LogP contribution is 2.30. The Kier molecular flexibility index (Phi) is 8.34. The third-order valence-electron chi connectivity index (χ3n) is 5.15. The van der Waals surface area contributed by atoms with Gasteiger partial charge in [0.15, 0.2) is 11.5 Å². The molecule has 0 saturated carbocycles. The van der Waals surface area contributed by atoms with E-state index in [1.807, 2.05) is 0 Å². The summed E-state index contributed by atoms with van der Waals surface area (Å²) in [5.74, 6) is -0.767. The van der Waals surface area contributed by atoms with Gasteiger partial charge in [0, 0.05) is 30.8 Å². The standard InChI is InChI=1S/C24H25F3N2O4/c1-2-32-21-15-16(3-9-20(21)33-24(26)27)4-10-22(30)29-13-11-19(12-14-29)28-23(31)17-5-7-18(25)8-6-17/h3-10,15,19,24H,2,11-14H2,1H3,(H,28,31)/b10-4+. The largest absolute Gasteiger partial charge is 0.490 e. The van der Waals surface area contributed by atoms with Gasteiger partial charge >= 0.3 is 6.61 Å². The molecule has 0 unspecified atom stereocenters. The first-order valence-corrected chi connectivity index (χ1v) is 10.6. The molecule has 0 aliphatic carbocycles. The number of halogens is 3. The molecule has 0 atom stereocenters. The fourth-order valence-electron chi connectivity index (χ4n) is 3.48. The number of carbonyl (C=O) groups is 2. The molecule has 1 aliphatic heterocycles. The summed E-state index contributed by atoms with van der Waals surface area (Å²) in [5, 5.41) is 2.91. The number of hydrogen-bond acceptors (Lipinski definition) is 4. The fraction of sp³-hybridized carbons (Fsp3) is 0.333. The molecule has 0 radical (unpaired) electrons. The van der Waals surface area contributed by atoms with Gasteiger partial charge < -0.3 is 19.7 Å². The number of alkyl halides is 2. The van der Waals surface area contributed by atoms with Crippen molar-refractivity contribution in [2.24, 2.45) is 0 Å². The van der Waals surface area contributed by atoms with Crippen LogP contribution in [-0.2, 0) is 4.79 Å². The normalized spacial score (nSPS) is 14.5. The third kappa shape index (κ3) is 7.00. The average molecular weight is 462 g/mol. The summed E-state index contributed by atoms with van der Waals surface area (Å²) in [6.07, 6.45) is 4.19. The second-order valence-electron chi connectivity index (χ2n) is 7.43. The Morgan fingerprint density at radius 3 is 2.45 bits per heavy atom. The van der Waals surface area contributed by atoms with Gasteiger partial charge in [0.05, 0.1) is 6.61 Å². The van der Waals surface area contributed by atoms with E-state index in [2.05, 4.69) is 10.1 Å². The van der Waals surface area contributed by atoms with Crippen LogP contribution >= 0.6 is 0 Å². The molecule has 6 nitrogen and oxygen atoms in total. The van der Waals surface area contributed by atoms with E-state index in [1.165, 1.54) is 42.5 Å². The number of likely N-dealkylation sites (tertiary alicyclic amines) is 1. The van der Waals surface area contributed by atoms with Gasteiger partial charge in [-0.15, -0.1) is 0 Å². The first kappa shape index (κ1) is 24.2. The molecule has 2 aromatic rings. The molecule has 176 valence electrons. The van der Waals surface area contributed by atoms with Crippen molar-refractivity contribution in [3.05, 3.63) is 65.5 Å². The highest BCUT2D eigenvalue weighted by atomic mass is 19.3. The van der Waals surface area contributed by atoms with Crippen LogP contribution in [0.4, 0.5) is 13.2 Å². The van der Waals surface area contributed by atoms with E-state index in [0.29, 0.717) is 37.1 Å². The molecule has 2 amide bonds. The summed E-state index contributed by atoms with van der Waals surface area (Å²) in [6.45, 7) is -0.0100. The summed E-state index contributed by atoms with van der Waals surface area (Å²) < 4.78 is 47.8. The molecule has 33 heavy (non-hydrogen) atoms. The van der Waals surface area contributed by atoms with Crippen molar-refractivity contribution in [2.75, 3.05) is 19.7 Å². The predicted octanol–water partition coefficient (Wildman–Crippen LogP) is 4.26. The number of piperidine rings is 1. The summed E-state index contributed by atoms with van der Waals surface area (Å²) in [5.41, 5.74) is 0.990. The predicted molar refractivity (Wildman–Crippen MR) is 117 cm³/mol. The minimum Gasteiger partial charge on any atom is -0.490 e. The number of hydrogen-bond donors (Lipinski definition) is 1. The van der Waals surface area contributed by atoms with Gasteiger partial charge in [0.25, 0.3) is 5.91 Å². The molecule has 2 aromatic carbocycles. The van der Waals surface area contributed by atoms with Gasteiger partial charge in [0.1, 0.15) is 5.82 Å². The Labute approximate surface area is 190 Å². The zero-order valence-corrected chi connectivity index (χ0v) is 18.1. The van der Waals surface area contributed by atoms with Crippen molar-refractivity contribution in [1.29, 1.82) is 0 Å². The van der Waals surface area contributed by atoms with E-state index in [1.54, 1.807) is 24.0 Å². The van der Waals surface area contributed by atoms with Crippen molar-refractivity contribution >= 4 is 17.9 Å². The van der Waals surface area contributed by atoms with Crippen molar-refractivity contribution in [2.45, 2.75) is 32.4 Å². The lowest BCUT2D eigenvalue weighted by molar-refractivity contribution is -0.127. The van der Waals surface area contributed by atoms with Crippen molar-refractivity contribution in [1.82, 2.24) is 10.2 Å². The van der Waals surface area contributed by atoms with Gasteiger partial charge in [-0.25, -0.2) is 4.39 Å². The molecule has 1 fully saturated rings. The van der Waals surface area contributed by atoms with Crippen LogP contribution < -0.4 is 14.8 Å². The Morgan fingerprint density at radius 1 is 1.12 bits per heavy atom. The van der Waals surface area contributed by atoms with Gasteiger partial charge in [-0.2, -0.15) is 8.78 Å². The summed E-state index contributed by atoms with van der Waals surface area (Å²) in [7, 11) is 0. The van der Waals surface area contributed by atoms with E-state index in [-0.39, 0.29) is 36.0 Å². The minimum atomic E-state index is -2.96. The Morgan fingerprint density at radius 2 is 1.82 bits per heavy atom. The first-order valence-electron chi connectivity index (χ1n) is 10.6. The third-order valence-corrected chi connectivity index (χ3v) is 5.15. The monoisotopic (exact) mass is 462 g/mol. The highest BCUT2D eigenvalue weighted by molar-refractivity contribution is 5.94. The van der Waals surface area contributed by atoms with E-state index < -0.39 is 12.4 Å². The van der Waals surface area contributed by atoms with E-state index in [9.17, 15) is 22.8 Å². The molecule has 0 aromatic heterocycles. The number of ether oxygens (including phenoxy) is 2. The van der Waals surface area contributed by atoms with Crippen LogP contribution in [0, 0.1) is 5.82 Å². The molecule has 1 heterocycles. The summed E-state index contributed by atoms with van der Waals surface area (Å²) in [4.78, 5) is 26.5. The number of rotatable bonds is 8. The maximum Gasteiger partial charge on any atom is 0.387 e. The second kappa shape index (κ2) is 11.4. The molecule has 1 saturated heterocycles. The van der Waals surface area contributed by atoms with Gasteiger partial charge in [0.2, 0.25) is 5.91 Å². The smallest absolute Gasteiger partial charge is 0.387 e. The quantitative estimate of drug-likeness (QED) is 0.596. The van der Waals surface area contributed by atoms with Crippen LogP contribution in [0.5, 0.6) is 11.5 Å². The maximum absolute atomic E-state index is 13.0. The van der Waals surface area contributed by atoms with Gasteiger partial charge in [-0.3, -0.25) is 9.59 Å². The van der Waals surface area contributed by atoms with Crippen LogP contribution in [-0.4, -0.2) is 49.1 Å². The topological polar surface area (TPSA) is 67.9 Å². The van der Waals surface area contributed by atoms with Crippen LogP contribution in [0.3, 0.4) is 0 Å². The number of amides is 2. The fourth-order valence-corrected chi connectivity index (χ4v) is 3.48. The van der Waals surface area contributed by atoms with Gasteiger partial charge in [-0.05, 0) is 67.8 Å². The van der Waals surface area contributed by atoms with Crippen molar-refractivity contribution < 1.29 is 32.2 Å². The minimum absolute atomic E-state index is 0.0694. The first-order chi connectivity index (χ1) is 15.9. The molecule has 0 bridgehead atoms. The number of nitrogens with zero attached hydrogens (tertiary/aromatic N) is 1. The Balaban J connectivity index is 1.52. The molecular formula is C24H25F3N2O4. The molecule has 1 aliphatic rings. The van der Waals surface area contributed by atoms with E-state index in [4.69, 9.17) is 4.74 Å². The molecule has 9 heteroatoms. The van der Waals surface area contributed by atoms with Crippen molar-refractivity contribution in [3.8, 4) is 11.5 Å². The lowest BCUT2D eigenvalue weighted by Gasteiger charge is -2.31. The molecule has 0 spiro atoms. The van der Waals surface area contributed by atoms with Gasteiger partial charge in [-0.1, -0.05) is 6.07 Å². The van der Waals surface area contributed by atoms with E-state index >= 15 is 0 Å². The molecule has 1 N–H and O–H groups in total. The van der Waals surface area contributed by atoms with Crippen LogP contribution in [0.15, 0.2) is 48.5 Å². The SMILES string of the molecule is CCOc1cc(/C=C/C(=O)N2CCC(NC(=O)c3ccc(F)cc3)CC2)ccc1OC(F)F. The molecule has 3 rings (SSSR count). The van der Waals surface area contributed by atoms with Crippen molar-refractivity contribution in [3.63, 3.8) is 0 Å². The zero-order valence-electron chi connectivity index (χ0n) is 18.1. The second-order valence-corrected chi connectivity index (χ2v) is 7.43. The maximum atomic E-state index is 13.0. The van der Waals surface area contributed by atoms with Crippen LogP contribution in [0.1, 0.15) is 35.7 Å². The summed E-state index contributed by atoms with van der Waals surface area (Å²) in [6, 6.07) is 9.71.